The van der Waals surface area contributed by atoms with E-state index in [1.54, 1.807) is 35.2 Å². The SMILES string of the molecule is O=C(O)c1ccc(N(Cc2ccc(C3CCCCC3)cc2)C(=O)Nc2cc(Cl)cc(Cl)c2)cc1. The number of benzene rings is 3. The molecule has 3 aromatic rings. The summed E-state index contributed by atoms with van der Waals surface area (Å²) in [7, 11) is 0. The van der Waals surface area contributed by atoms with Gasteiger partial charge < -0.3 is 10.4 Å². The number of nitrogens with one attached hydrogen (secondary N) is 1. The summed E-state index contributed by atoms with van der Waals surface area (Å²) in [6.45, 7) is 0.317. The summed E-state index contributed by atoms with van der Waals surface area (Å²) in [4.78, 5) is 26.1. The van der Waals surface area contributed by atoms with Gasteiger partial charge in [-0.3, -0.25) is 4.90 Å². The molecule has 3 aromatic carbocycles. The van der Waals surface area contributed by atoms with Crippen LogP contribution in [0.15, 0.2) is 66.7 Å². The van der Waals surface area contributed by atoms with Crippen LogP contribution in [0.4, 0.5) is 16.2 Å². The molecule has 5 nitrogen and oxygen atoms in total. The molecule has 176 valence electrons. The Balaban J connectivity index is 1.57. The van der Waals surface area contributed by atoms with Crippen molar-refractivity contribution in [3.05, 3.63) is 93.5 Å². The van der Waals surface area contributed by atoms with Gasteiger partial charge in [0.15, 0.2) is 0 Å². The van der Waals surface area contributed by atoms with Crippen LogP contribution in [0.3, 0.4) is 0 Å². The predicted molar refractivity (Wildman–Crippen MR) is 137 cm³/mol. The van der Waals surface area contributed by atoms with Gasteiger partial charge in [-0.05, 0) is 72.4 Å². The standard InChI is InChI=1S/C27H26Cl2N2O3/c28-22-14-23(29)16-24(15-22)30-27(34)31(25-12-10-21(11-13-25)26(32)33)17-18-6-8-20(9-7-18)19-4-2-1-3-5-19/h6-16,19H,1-5,17H2,(H,30,34)(H,32,33). The summed E-state index contributed by atoms with van der Waals surface area (Å²) in [6, 6.07) is 19.1. The molecular weight excluding hydrogens is 471 g/mol. The molecule has 1 aliphatic rings. The summed E-state index contributed by atoms with van der Waals surface area (Å²) in [5.41, 5.74) is 3.52. The van der Waals surface area contributed by atoms with Crippen molar-refractivity contribution < 1.29 is 14.7 Å². The number of aromatic carboxylic acids is 1. The van der Waals surface area contributed by atoms with E-state index in [1.165, 1.54) is 49.8 Å². The first-order chi connectivity index (χ1) is 16.4. The molecule has 1 saturated carbocycles. The molecule has 0 spiro atoms. The number of halogens is 2. The molecule has 0 aromatic heterocycles. The number of hydrogen-bond acceptors (Lipinski definition) is 2. The van der Waals surface area contributed by atoms with Crippen molar-refractivity contribution in [2.24, 2.45) is 0 Å². The quantitative estimate of drug-likeness (QED) is 0.363. The zero-order valence-electron chi connectivity index (χ0n) is 18.6. The minimum absolute atomic E-state index is 0.155. The van der Waals surface area contributed by atoms with Crippen molar-refractivity contribution in [2.45, 2.75) is 44.6 Å². The van der Waals surface area contributed by atoms with Crippen LogP contribution in [0.1, 0.15) is 59.5 Å². The number of carbonyl (C=O) groups is 2. The highest BCUT2D eigenvalue weighted by atomic mass is 35.5. The molecule has 0 heterocycles. The highest BCUT2D eigenvalue weighted by Gasteiger charge is 2.19. The number of urea groups is 1. The molecule has 2 amide bonds. The Morgan fingerprint density at radius 2 is 1.50 bits per heavy atom. The van der Waals surface area contributed by atoms with Crippen molar-refractivity contribution in [2.75, 3.05) is 10.2 Å². The molecule has 4 rings (SSSR count). The van der Waals surface area contributed by atoms with Crippen LogP contribution in [-0.4, -0.2) is 17.1 Å². The summed E-state index contributed by atoms with van der Waals surface area (Å²) in [5.74, 6) is -0.409. The van der Waals surface area contributed by atoms with E-state index in [9.17, 15) is 14.7 Å². The Morgan fingerprint density at radius 3 is 2.09 bits per heavy atom. The third kappa shape index (κ3) is 6.10. The van der Waals surface area contributed by atoms with Crippen molar-refractivity contribution >= 4 is 46.6 Å². The summed E-state index contributed by atoms with van der Waals surface area (Å²) >= 11 is 12.2. The number of carboxylic acids is 1. The number of rotatable bonds is 6. The Hall–Kier alpha value is -3.02. The lowest BCUT2D eigenvalue weighted by molar-refractivity contribution is 0.0697. The molecule has 0 bridgehead atoms. The zero-order valence-corrected chi connectivity index (χ0v) is 20.1. The first-order valence-corrected chi connectivity index (χ1v) is 12.1. The van der Waals surface area contributed by atoms with E-state index in [4.69, 9.17) is 23.2 Å². The first kappa shape index (κ1) is 24.1. The van der Waals surface area contributed by atoms with Crippen molar-refractivity contribution in [1.29, 1.82) is 0 Å². The molecule has 0 aliphatic heterocycles. The van der Waals surface area contributed by atoms with Crippen LogP contribution < -0.4 is 10.2 Å². The van der Waals surface area contributed by atoms with Gasteiger partial charge >= 0.3 is 12.0 Å². The second-order valence-corrected chi connectivity index (χ2v) is 9.48. The van der Waals surface area contributed by atoms with Crippen LogP contribution in [0.25, 0.3) is 0 Å². The van der Waals surface area contributed by atoms with Gasteiger partial charge in [0.25, 0.3) is 0 Å². The highest BCUT2D eigenvalue weighted by Crippen LogP contribution is 2.33. The average Bonchev–Trinajstić information content (AvgIpc) is 2.83. The Kier molecular flexibility index (Phi) is 7.76. The smallest absolute Gasteiger partial charge is 0.335 e. The maximum atomic E-state index is 13.3. The van der Waals surface area contributed by atoms with E-state index in [0.29, 0.717) is 33.9 Å². The number of hydrogen-bond donors (Lipinski definition) is 2. The van der Waals surface area contributed by atoms with Gasteiger partial charge in [-0.25, -0.2) is 9.59 Å². The average molecular weight is 497 g/mol. The van der Waals surface area contributed by atoms with Crippen molar-refractivity contribution in [1.82, 2.24) is 0 Å². The minimum Gasteiger partial charge on any atom is -0.478 e. The third-order valence-corrected chi connectivity index (χ3v) is 6.62. The summed E-state index contributed by atoms with van der Waals surface area (Å²) < 4.78 is 0. The lowest BCUT2D eigenvalue weighted by Crippen LogP contribution is -2.34. The molecule has 0 atom stereocenters. The first-order valence-electron chi connectivity index (χ1n) is 11.4. The Labute approximate surface area is 209 Å². The topological polar surface area (TPSA) is 69.6 Å². The van der Waals surface area contributed by atoms with Crippen LogP contribution in [0.2, 0.25) is 10.0 Å². The van der Waals surface area contributed by atoms with Crippen LogP contribution in [0.5, 0.6) is 0 Å². The van der Waals surface area contributed by atoms with Gasteiger partial charge in [0.2, 0.25) is 0 Å². The van der Waals surface area contributed by atoms with E-state index in [0.717, 1.165) is 5.56 Å². The van der Waals surface area contributed by atoms with Gasteiger partial charge in [0.1, 0.15) is 0 Å². The van der Waals surface area contributed by atoms with Crippen LogP contribution >= 0.6 is 23.2 Å². The Morgan fingerprint density at radius 1 is 0.882 bits per heavy atom. The molecule has 1 fully saturated rings. The molecular formula is C27H26Cl2N2O3. The third-order valence-electron chi connectivity index (χ3n) is 6.18. The Bertz CT molecular complexity index is 1140. The lowest BCUT2D eigenvalue weighted by atomic mass is 9.84. The molecule has 34 heavy (non-hydrogen) atoms. The number of nitrogens with zero attached hydrogens (tertiary/aromatic N) is 1. The molecule has 1 aliphatic carbocycles. The van der Waals surface area contributed by atoms with Crippen LogP contribution in [0, 0.1) is 0 Å². The number of amides is 2. The minimum atomic E-state index is -1.02. The lowest BCUT2D eigenvalue weighted by Gasteiger charge is -2.25. The van der Waals surface area contributed by atoms with Gasteiger partial charge in [-0.2, -0.15) is 0 Å². The fourth-order valence-corrected chi connectivity index (χ4v) is 4.92. The fraction of sp³-hybridized carbons (Fsp3) is 0.259. The molecule has 2 N–H and O–H groups in total. The largest absolute Gasteiger partial charge is 0.478 e. The highest BCUT2D eigenvalue weighted by molar-refractivity contribution is 6.35. The zero-order chi connectivity index (χ0) is 24.1. The second-order valence-electron chi connectivity index (χ2n) is 8.60. The van der Waals surface area contributed by atoms with E-state index >= 15 is 0 Å². The maximum absolute atomic E-state index is 13.3. The molecule has 0 unspecified atom stereocenters. The van der Waals surface area contributed by atoms with Gasteiger partial charge in [-0.1, -0.05) is 66.7 Å². The van der Waals surface area contributed by atoms with Gasteiger partial charge in [0, 0.05) is 21.4 Å². The van der Waals surface area contributed by atoms with E-state index in [1.807, 2.05) is 0 Å². The maximum Gasteiger partial charge on any atom is 0.335 e. The molecule has 0 radical (unpaired) electrons. The number of carboxylic acid groups (broad SMARTS) is 1. The number of anilines is 2. The van der Waals surface area contributed by atoms with Gasteiger partial charge in [-0.15, -0.1) is 0 Å². The van der Waals surface area contributed by atoms with Crippen molar-refractivity contribution in [3.63, 3.8) is 0 Å². The molecule has 7 heteroatoms. The monoisotopic (exact) mass is 496 g/mol. The predicted octanol–water partition coefficient (Wildman–Crippen LogP) is 7.98. The van der Waals surface area contributed by atoms with Crippen LogP contribution in [-0.2, 0) is 6.54 Å². The summed E-state index contributed by atoms with van der Waals surface area (Å²) in [6.07, 6.45) is 6.33. The van der Waals surface area contributed by atoms with E-state index in [-0.39, 0.29) is 11.6 Å². The fourth-order valence-electron chi connectivity index (χ4n) is 4.39. The van der Waals surface area contributed by atoms with Gasteiger partial charge in [0.05, 0.1) is 12.1 Å². The van der Waals surface area contributed by atoms with E-state index < -0.39 is 5.97 Å². The van der Waals surface area contributed by atoms with E-state index in [2.05, 4.69) is 29.6 Å². The normalized spacial score (nSPS) is 13.9. The summed E-state index contributed by atoms with van der Waals surface area (Å²) in [5, 5.41) is 12.9. The van der Waals surface area contributed by atoms with Crippen molar-refractivity contribution in [3.8, 4) is 0 Å². The number of carbonyl (C=O) groups excluding carboxylic acids is 1. The molecule has 0 saturated heterocycles. The second kappa shape index (κ2) is 10.9.